The van der Waals surface area contributed by atoms with Crippen LogP contribution >= 0.6 is 11.8 Å². The fourth-order valence-corrected chi connectivity index (χ4v) is 6.71. The fourth-order valence-electron chi connectivity index (χ4n) is 4.97. The molecular weight excluding hydrogens is 310 g/mol. The number of Topliss-reactive ketones (excluding diaryl/α,β-unsaturated/α-hetero) is 1. The standard InChI is InChI=1S/C18H27NO3S/c1-5-19(6-2)16-15-13(21)7-9(3)11-8-12(20)10(4)14(11)17(15)23-18(16)22/h10-12,14-17,20H,3,5-8H2,1-2,4H3. The van der Waals surface area contributed by atoms with Gasteiger partial charge in [-0.2, -0.15) is 0 Å². The molecular formula is C18H27NO3S. The van der Waals surface area contributed by atoms with Crippen LogP contribution < -0.4 is 0 Å². The van der Waals surface area contributed by atoms with E-state index in [0.29, 0.717) is 12.8 Å². The molecule has 128 valence electrons. The number of aliphatic hydroxyl groups is 1. The van der Waals surface area contributed by atoms with Gasteiger partial charge in [-0.05, 0) is 37.3 Å². The minimum absolute atomic E-state index is 0.00278. The molecule has 3 rings (SSSR count). The first-order chi connectivity index (χ1) is 10.9. The molecule has 3 aliphatic rings. The van der Waals surface area contributed by atoms with Crippen molar-refractivity contribution >= 4 is 22.7 Å². The van der Waals surface area contributed by atoms with E-state index in [2.05, 4.69) is 18.4 Å². The van der Waals surface area contributed by atoms with Crippen molar-refractivity contribution in [3.8, 4) is 0 Å². The SMILES string of the molecule is C=C1CC(=O)C2C(SC(=O)C2N(CC)CC)C2C1CC(O)C2C. The van der Waals surface area contributed by atoms with Crippen LogP contribution in [0.2, 0.25) is 0 Å². The summed E-state index contributed by atoms with van der Waals surface area (Å²) in [6.07, 6.45) is 0.706. The zero-order valence-corrected chi connectivity index (χ0v) is 15.0. The Balaban J connectivity index is 2.00. The van der Waals surface area contributed by atoms with Crippen LogP contribution in [0.25, 0.3) is 0 Å². The summed E-state index contributed by atoms with van der Waals surface area (Å²) in [6, 6.07) is -0.302. The number of fused-ring (bicyclic) bond motifs is 3. The van der Waals surface area contributed by atoms with Crippen molar-refractivity contribution in [1.29, 1.82) is 0 Å². The number of rotatable bonds is 3. The lowest BCUT2D eigenvalue weighted by molar-refractivity contribution is -0.128. The molecule has 0 radical (unpaired) electrons. The molecule has 0 bridgehead atoms. The van der Waals surface area contributed by atoms with Crippen LogP contribution in [0, 0.1) is 23.7 Å². The Morgan fingerprint density at radius 3 is 2.57 bits per heavy atom. The molecule has 0 aromatic heterocycles. The van der Waals surface area contributed by atoms with Crippen LogP contribution in [-0.2, 0) is 9.59 Å². The van der Waals surface area contributed by atoms with Crippen molar-refractivity contribution in [3.05, 3.63) is 12.2 Å². The molecule has 2 aliphatic carbocycles. The van der Waals surface area contributed by atoms with Gasteiger partial charge in [0.25, 0.3) is 0 Å². The van der Waals surface area contributed by atoms with E-state index in [0.717, 1.165) is 18.7 Å². The van der Waals surface area contributed by atoms with Gasteiger partial charge in [0.1, 0.15) is 5.78 Å². The van der Waals surface area contributed by atoms with Gasteiger partial charge in [0.15, 0.2) is 0 Å². The van der Waals surface area contributed by atoms with Gasteiger partial charge >= 0.3 is 0 Å². The third-order valence-corrected chi connectivity index (χ3v) is 7.60. The summed E-state index contributed by atoms with van der Waals surface area (Å²) in [5.74, 6) is 0.405. The normalized spacial score (nSPS) is 43.7. The lowest BCUT2D eigenvalue weighted by Gasteiger charge is -2.32. The molecule has 4 nitrogen and oxygen atoms in total. The first-order valence-electron chi connectivity index (χ1n) is 8.73. The second kappa shape index (κ2) is 6.34. The van der Waals surface area contributed by atoms with E-state index in [1.54, 1.807) is 0 Å². The molecule has 2 saturated carbocycles. The molecule has 0 aromatic rings. The van der Waals surface area contributed by atoms with Crippen LogP contribution in [-0.4, -0.2) is 51.4 Å². The Labute approximate surface area is 142 Å². The van der Waals surface area contributed by atoms with E-state index in [-0.39, 0.29) is 52.0 Å². The number of thioether (sulfide) groups is 1. The summed E-state index contributed by atoms with van der Waals surface area (Å²) in [7, 11) is 0. The first kappa shape index (κ1) is 17.2. The monoisotopic (exact) mass is 337 g/mol. The van der Waals surface area contributed by atoms with E-state index in [4.69, 9.17) is 0 Å². The van der Waals surface area contributed by atoms with Crippen molar-refractivity contribution in [1.82, 2.24) is 4.90 Å². The van der Waals surface area contributed by atoms with Crippen molar-refractivity contribution in [2.75, 3.05) is 13.1 Å². The second-order valence-electron chi connectivity index (χ2n) is 7.24. The predicted octanol–water partition coefficient (Wildman–Crippen LogP) is 2.12. The quantitative estimate of drug-likeness (QED) is 0.800. The van der Waals surface area contributed by atoms with Gasteiger partial charge in [0, 0.05) is 11.7 Å². The van der Waals surface area contributed by atoms with Gasteiger partial charge in [-0.15, -0.1) is 0 Å². The number of allylic oxidation sites excluding steroid dienone is 1. The van der Waals surface area contributed by atoms with E-state index in [1.165, 1.54) is 11.8 Å². The molecule has 3 fully saturated rings. The number of carbonyl (C=O) groups excluding carboxylic acids is 2. The van der Waals surface area contributed by atoms with Gasteiger partial charge in [0.05, 0.1) is 18.1 Å². The minimum Gasteiger partial charge on any atom is -0.393 e. The van der Waals surface area contributed by atoms with Gasteiger partial charge < -0.3 is 5.11 Å². The molecule has 7 unspecified atom stereocenters. The third-order valence-electron chi connectivity index (χ3n) is 6.24. The summed E-state index contributed by atoms with van der Waals surface area (Å²) in [5, 5.41) is 10.5. The third kappa shape index (κ3) is 2.61. The van der Waals surface area contributed by atoms with E-state index in [1.807, 2.05) is 13.8 Å². The summed E-state index contributed by atoms with van der Waals surface area (Å²) in [5.41, 5.74) is 0.962. The molecule has 1 heterocycles. The zero-order chi connectivity index (χ0) is 16.9. The molecule has 5 heteroatoms. The van der Waals surface area contributed by atoms with E-state index in [9.17, 15) is 14.7 Å². The van der Waals surface area contributed by atoms with E-state index < -0.39 is 0 Å². The summed E-state index contributed by atoms with van der Waals surface area (Å²) < 4.78 is 0. The van der Waals surface area contributed by atoms with E-state index >= 15 is 0 Å². The van der Waals surface area contributed by atoms with Crippen LogP contribution in [0.4, 0.5) is 0 Å². The number of carbonyl (C=O) groups is 2. The minimum atomic E-state index is -0.348. The maximum Gasteiger partial charge on any atom is 0.207 e. The highest BCUT2D eigenvalue weighted by atomic mass is 32.2. The highest BCUT2D eigenvalue weighted by molar-refractivity contribution is 8.14. The van der Waals surface area contributed by atoms with Crippen molar-refractivity contribution in [3.63, 3.8) is 0 Å². The van der Waals surface area contributed by atoms with Crippen LogP contribution in [0.5, 0.6) is 0 Å². The number of likely N-dealkylation sites (N-methyl/N-ethyl adjacent to an activating group) is 1. The highest BCUT2D eigenvalue weighted by Crippen LogP contribution is 2.55. The molecule has 0 spiro atoms. The van der Waals surface area contributed by atoms with Crippen molar-refractivity contribution in [2.45, 2.75) is 51.0 Å². The number of hydrogen-bond donors (Lipinski definition) is 1. The summed E-state index contributed by atoms with van der Waals surface area (Å²) in [4.78, 5) is 27.7. The molecule has 1 aliphatic heterocycles. The molecule has 0 aromatic carbocycles. The Bertz CT molecular complexity index is 530. The van der Waals surface area contributed by atoms with Crippen LogP contribution in [0.1, 0.15) is 33.6 Å². The second-order valence-corrected chi connectivity index (χ2v) is 8.42. The summed E-state index contributed by atoms with van der Waals surface area (Å²) in [6.45, 7) is 11.8. The molecule has 1 saturated heterocycles. The average molecular weight is 337 g/mol. The van der Waals surface area contributed by atoms with Gasteiger partial charge in [-0.1, -0.05) is 44.7 Å². The van der Waals surface area contributed by atoms with Gasteiger partial charge in [-0.25, -0.2) is 0 Å². The highest BCUT2D eigenvalue weighted by Gasteiger charge is 2.58. The first-order valence-corrected chi connectivity index (χ1v) is 9.61. The molecule has 0 amide bonds. The maximum atomic E-state index is 12.9. The number of ketones is 1. The van der Waals surface area contributed by atoms with Crippen LogP contribution in [0.15, 0.2) is 12.2 Å². The van der Waals surface area contributed by atoms with Crippen LogP contribution in [0.3, 0.4) is 0 Å². The summed E-state index contributed by atoms with van der Waals surface area (Å²) >= 11 is 1.36. The number of hydrogen-bond acceptors (Lipinski definition) is 5. The number of aliphatic hydroxyl groups excluding tert-OH is 1. The Morgan fingerprint density at radius 2 is 1.96 bits per heavy atom. The Hall–Kier alpha value is -0.650. The van der Waals surface area contributed by atoms with Crippen molar-refractivity contribution in [2.24, 2.45) is 23.7 Å². The Morgan fingerprint density at radius 1 is 1.30 bits per heavy atom. The van der Waals surface area contributed by atoms with Gasteiger partial charge in [-0.3, -0.25) is 14.5 Å². The largest absolute Gasteiger partial charge is 0.393 e. The fraction of sp³-hybridized carbons (Fsp3) is 0.778. The predicted molar refractivity (Wildman–Crippen MR) is 92.1 cm³/mol. The lowest BCUT2D eigenvalue weighted by atomic mass is 9.80. The number of nitrogens with zero attached hydrogens (tertiary/aromatic N) is 1. The van der Waals surface area contributed by atoms with Gasteiger partial charge in [0.2, 0.25) is 5.12 Å². The lowest BCUT2D eigenvalue weighted by Crippen LogP contribution is -2.47. The topological polar surface area (TPSA) is 57.6 Å². The van der Waals surface area contributed by atoms with Crippen molar-refractivity contribution < 1.29 is 14.7 Å². The molecule has 1 N–H and O–H groups in total. The molecule has 7 atom stereocenters. The zero-order valence-electron chi connectivity index (χ0n) is 14.2. The smallest absolute Gasteiger partial charge is 0.207 e. The Kier molecular flexibility index (Phi) is 4.73. The molecule has 23 heavy (non-hydrogen) atoms. The average Bonchev–Trinajstić information content (AvgIpc) is 2.96. The maximum absolute atomic E-state index is 12.9.